The Morgan fingerprint density at radius 3 is 2.45 bits per heavy atom. The third kappa shape index (κ3) is 4.78. The predicted molar refractivity (Wildman–Crippen MR) is 86.4 cm³/mol. The summed E-state index contributed by atoms with van der Waals surface area (Å²) in [5.74, 6) is -0.461. The molecule has 0 saturated carbocycles. The van der Waals surface area contributed by atoms with Gasteiger partial charge >= 0.3 is 10.5 Å². The van der Waals surface area contributed by atoms with E-state index in [0.717, 1.165) is 0 Å². The Hall–Kier alpha value is -2.00. The molecule has 1 rings (SSSR count). The number of benzene rings is 1. The molecule has 0 heterocycles. The number of nitrogens with one attached hydrogen (secondary N) is 1. The topological polar surface area (TPSA) is 88.1 Å². The first kappa shape index (κ1) is 18.1. The van der Waals surface area contributed by atoms with Gasteiger partial charge in [-0.15, -0.1) is 0 Å². The lowest BCUT2D eigenvalue weighted by Gasteiger charge is -2.23. The number of likely N-dealkylation sites (N-methyl/N-ethyl adjacent to an activating group) is 1. The van der Waals surface area contributed by atoms with Gasteiger partial charge in [0.1, 0.15) is 5.75 Å². The lowest BCUT2D eigenvalue weighted by Crippen LogP contribution is -2.42. The molecule has 0 radical (unpaired) electrons. The zero-order valence-electron chi connectivity index (χ0n) is 12.4. The van der Waals surface area contributed by atoms with Crippen LogP contribution in [0.25, 0.3) is 0 Å². The SMILES string of the molecule is CNC(=S)N(C)C(=O)C(CN=S(=O)=O)c1ccc(OC)cc1. The van der Waals surface area contributed by atoms with E-state index < -0.39 is 16.4 Å². The molecule has 1 aromatic carbocycles. The van der Waals surface area contributed by atoms with Crippen LogP contribution in [0.1, 0.15) is 11.5 Å². The molecule has 0 aliphatic heterocycles. The van der Waals surface area contributed by atoms with Gasteiger partial charge in [0, 0.05) is 14.1 Å². The smallest absolute Gasteiger partial charge is 0.311 e. The average molecular weight is 343 g/mol. The molecule has 1 unspecified atom stereocenters. The third-order valence-electron chi connectivity index (χ3n) is 3.03. The van der Waals surface area contributed by atoms with E-state index >= 15 is 0 Å². The van der Waals surface area contributed by atoms with Crippen molar-refractivity contribution in [2.24, 2.45) is 4.36 Å². The highest BCUT2D eigenvalue weighted by Crippen LogP contribution is 2.22. The minimum atomic E-state index is -2.58. The average Bonchev–Trinajstić information content (AvgIpc) is 2.53. The number of nitrogens with zero attached hydrogens (tertiary/aromatic N) is 2. The first-order chi connectivity index (χ1) is 10.4. The van der Waals surface area contributed by atoms with Crippen molar-refractivity contribution in [3.05, 3.63) is 29.8 Å². The molecular weight excluding hydrogens is 326 g/mol. The van der Waals surface area contributed by atoms with Crippen LogP contribution in [0.4, 0.5) is 0 Å². The number of hydrogen-bond acceptors (Lipinski definition) is 6. The van der Waals surface area contributed by atoms with E-state index in [0.29, 0.717) is 11.3 Å². The molecule has 0 aliphatic rings. The van der Waals surface area contributed by atoms with Crippen LogP contribution >= 0.6 is 12.2 Å². The molecular formula is C13H17N3O4S2. The van der Waals surface area contributed by atoms with Crippen LogP contribution in [0, 0.1) is 0 Å². The van der Waals surface area contributed by atoms with Crippen molar-refractivity contribution < 1.29 is 17.9 Å². The monoisotopic (exact) mass is 343 g/mol. The number of carbonyl (C=O) groups excluding carboxylic acids is 1. The molecule has 0 saturated heterocycles. The fourth-order valence-corrected chi connectivity index (χ4v) is 2.16. The van der Waals surface area contributed by atoms with Gasteiger partial charge < -0.3 is 10.1 Å². The first-order valence-electron chi connectivity index (χ1n) is 6.30. The molecule has 0 spiro atoms. The highest BCUT2D eigenvalue weighted by atomic mass is 32.2. The minimum absolute atomic E-state index is 0.183. The van der Waals surface area contributed by atoms with Crippen molar-refractivity contribution in [2.45, 2.75) is 5.92 Å². The molecule has 0 bridgehead atoms. The van der Waals surface area contributed by atoms with Crippen LogP contribution in [-0.4, -0.2) is 52.1 Å². The van der Waals surface area contributed by atoms with E-state index in [-0.39, 0.29) is 17.6 Å². The summed E-state index contributed by atoms with van der Waals surface area (Å²) in [6, 6.07) is 6.78. The number of ether oxygens (including phenoxy) is 1. The zero-order chi connectivity index (χ0) is 16.7. The molecule has 7 nitrogen and oxygen atoms in total. The standard InChI is InChI=1S/C13H17N3O4S2/c1-14-13(21)16(2)12(17)11(8-15-22(18)19)9-4-6-10(20-3)7-5-9/h4-7,11H,8H2,1-3H3,(H,14,21). The summed E-state index contributed by atoms with van der Waals surface area (Å²) >= 11 is 5.02. The highest BCUT2D eigenvalue weighted by molar-refractivity contribution is 7.80. The third-order valence-corrected chi connectivity index (χ3v) is 3.87. The molecule has 0 aliphatic carbocycles. The number of methoxy groups -OCH3 is 1. The molecule has 1 aromatic rings. The van der Waals surface area contributed by atoms with Crippen LogP contribution in [0.2, 0.25) is 0 Å². The summed E-state index contributed by atoms with van der Waals surface area (Å²) < 4.78 is 29.8. The van der Waals surface area contributed by atoms with Crippen molar-refractivity contribution in [1.29, 1.82) is 0 Å². The van der Waals surface area contributed by atoms with Crippen LogP contribution in [0.5, 0.6) is 5.75 Å². The van der Waals surface area contributed by atoms with Gasteiger partial charge in [-0.25, -0.2) is 0 Å². The maximum absolute atomic E-state index is 12.5. The second kappa shape index (κ2) is 8.44. The summed E-state index contributed by atoms with van der Waals surface area (Å²) in [7, 11) is 2.08. The maximum Gasteiger partial charge on any atom is 0.311 e. The van der Waals surface area contributed by atoms with E-state index in [1.54, 1.807) is 31.3 Å². The molecule has 120 valence electrons. The lowest BCUT2D eigenvalue weighted by molar-refractivity contribution is -0.127. The zero-order valence-corrected chi connectivity index (χ0v) is 14.1. The summed E-state index contributed by atoms with van der Waals surface area (Å²) in [6.45, 7) is -0.183. The van der Waals surface area contributed by atoms with Gasteiger partial charge in [-0.05, 0) is 29.9 Å². The normalized spacial score (nSPS) is 11.2. The highest BCUT2D eigenvalue weighted by Gasteiger charge is 2.25. The van der Waals surface area contributed by atoms with Crippen molar-refractivity contribution in [1.82, 2.24) is 10.2 Å². The van der Waals surface area contributed by atoms with E-state index in [9.17, 15) is 13.2 Å². The molecule has 0 aromatic heterocycles. The van der Waals surface area contributed by atoms with Gasteiger partial charge in [0.05, 0.1) is 19.6 Å². The molecule has 1 amide bonds. The minimum Gasteiger partial charge on any atom is -0.497 e. The predicted octanol–water partition coefficient (Wildman–Crippen LogP) is 0.804. The quantitative estimate of drug-likeness (QED) is 0.796. The number of hydrogen-bond donors (Lipinski definition) is 1. The van der Waals surface area contributed by atoms with Gasteiger partial charge in [0.2, 0.25) is 5.91 Å². The number of carbonyl (C=O) groups is 1. The Kier molecular flexibility index (Phi) is 6.93. The van der Waals surface area contributed by atoms with Crippen LogP contribution < -0.4 is 10.1 Å². The van der Waals surface area contributed by atoms with E-state index in [1.807, 2.05) is 0 Å². The van der Waals surface area contributed by atoms with Crippen molar-refractivity contribution in [3.63, 3.8) is 0 Å². The fraction of sp³-hybridized carbons (Fsp3) is 0.385. The Bertz CT molecular complexity index is 663. The molecule has 22 heavy (non-hydrogen) atoms. The number of thiocarbonyl (C=S) groups is 1. The summed E-state index contributed by atoms with van der Waals surface area (Å²) in [6.07, 6.45) is 0. The molecule has 9 heteroatoms. The van der Waals surface area contributed by atoms with Gasteiger partial charge in [-0.3, -0.25) is 9.69 Å². The molecule has 0 fully saturated rings. The maximum atomic E-state index is 12.5. The first-order valence-corrected chi connectivity index (χ1v) is 7.74. The number of rotatable bonds is 5. The number of amides is 1. The van der Waals surface area contributed by atoms with E-state index in [2.05, 4.69) is 9.68 Å². The van der Waals surface area contributed by atoms with Crippen molar-refractivity contribution in [3.8, 4) is 5.75 Å². The second-order valence-corrected chi connectivity index (χ2v) is 5.39. The Morgan fingerprint density at radius 1 is 1.41 bits per heavy atom. The van der Waals surface area contributed by atoms with Crippen LogP contribution in [0.3, 0.4) is 0 Å². The summed E-state index contributed by atoms with van der Waals surface area (Å²) in [5, 5.41) is 2.94. The van der Waals surface area contributed by atoms with Crippen molar-refractivity contribution >= 4 is 33.7 Å². The second-order valence-electron chi connectivity index (χ2n) is 4.31. The van der Waals surface area contributed by atoms with Crippen LogP contribution in [0.15, 0.2) is 28.6 Å². The Labute approximate surface area is 136 Å². The van der Waals surface area contributed by atoms with Gasteiger partial charge in [-0.1, -0.05) is 12.1 Å². The Balaban J connectivity index is 3.13. The Morgan fingerprint density at radius 2 is 2.00 bits per heavy atom. The van der Waals surface area contributed by atoms with Gasteiger partial charge in [0.25, 0.3) is 0 Å². The lowest BCUT2D eigenvalue weighted by atomic mass is 9.98. The van der Waals surface area contributed by atoms with E-state index in [1.165, 1.54) is 19.1 Å². The molecule has 1 atom stereocenters. The fourth-order valence-electron chi connectivity index (χ4n) is 1.80. The molecule has 1 N–H and O–H groups in total. The van der Waals surface area contributed by atoms with Gasteiger partial charge in [0.15, 0.2) is 5.11 Å². The van der Waals surface area contributed by atoms with Crippen molar-refractivity contribution in [2.75, 3.05) is 27.7 Å². The summed E-state index contributed by atoms with van der Waals surface area (Å²) in [5.41, 5.74) is 0.630. The summed E-state index contributed by atoms with van der Waals surface area (Å²) in [4.78, 5) is 13.8. The van der Waals surface area contributed by atoms with Gasteiger partial charge in [-0.2, -0.15) is 12.8 Å². The largest absolute Gasteiger partial charge is 0.497 e. The van der Waals surface area contributed by atoms with E-state index in [4.69, 9.17) is 17.0 Å². The van der Waals surface area contributed by atoms with Crippen LogP contribution in [-0.2, 0) is 15.3 Å².